The highest BCUT2D eigenvalue weighted by molar-refractivity contribution is 6.90. The van der Waals surface area contributed by atoms with Crippen LogP contribution in [0.1, 0.15) is 39.2 Å². The number of hydrogen-bond acceptors (Lipinski definition) is 3. The third-order valence-corrected chi connectivity index (χ3v) is 9.45. The second kappa shape index (κ2) is 10.9. The fraction of sp³-hybridized carbons (Fsp3) is 0.500. The first kappa shape index (κ1) is 24.4. The van der Waals surface area contributed by atoms with Gasteiger partial charge >= 0.3 is 0 Å². The average molecular weight is 427 g/mol. The maximum Gasteiger partial charge on any atom is 0.135 e. The van der Waals surface area contributed by atoms with Crippen molar-refractivity contribution < 1.29 is 14.3 Å². The number of methoxy groups -OCH3 is 1. The smallest absolute Gasteiger partial charge is 0.135 e. The molecule has 0 unspecified atom stereocenters. The number of carbonyl (C=O) groups is 1. The molecule has 2 aromatic rings. The first-order chi connectivity index (χ1) is 14.1. The average Bonchev–Trinajstić information content (AvgIpc) is 2.71. The molecule has 0 amide bonds. The second-order valence-electron chi connectivity index (χ2n) is 9.81. The molecule has 2 rings (SSSR count). The van der Waals surface area contributed by atoms with E-state index in [1.54, 1.807) is 7.11 Å². The minimum absolute atomic E-state index is 0.0519. The summed E-state index contributed by atoms with van der Waals surface area (Å²) in [6, 6.07) is 19.6. The normalized spacial score (nSPS) is 13.1. The standard InChI is InChI=1S/C26H38O3Si/c1-21(20-30(5,6)24-10-8-7-9-11-24)25(27)18-26(2,3)16-17-29-19-22-12-14-23(28-4)15-13-22/h7-15,21H,16-20H2,1-6H3/t21-/m1/s1. The summed E-state index contributed by atoms with van der Waals surface area (Å²) in [7, 11) is 0.0565. The number of Topliss-reactive ketones (excluding diaryl/α,β-unsaturated/α-hetero) is 1. The van der Waals surface area contributed by atoms with Crippen molar-refractivity contribution >= 4 is 19.0 Å². The molecule has 0 radical (unpaired) electrons. The van der Waals surface area contributed by atoms with E-state index in [-0.39, 0.29) is 11.3 Å². The van der Waals surface area contributed by atoms with Crippen LogP contribution in [0.25, 0.3) is 0 Å². The largest absolute Gasteiger partial charge is 0.497 e. The van der Waals surface area contributed by atoms with Crippen LogP contribution < -0.4 is 9.92 Å². The van der Waals surface area contributed by atoms with Crippen molar-refractivity contribution in [1.82, 2.24) is 0 Å². The van der Waals surface area contributed by atoms with E-state index in [2.05, 4.69) is 64.2 Å². The zero-order valence-corrected chi connectivity index (χ0v) is 20.5. The number of rotatable bonds is 12. The van der Waals surface area contributed by atoms with Crippen molar-refractivity contribution in [2.75, 3.05) is 13.7 Å². The fourth-order valence-electron chi connectivity index (χ4n) is 3.88. The minimum Gasteiger partial charge on any atom is -0.497 e. The van der Waals surface area contributed by atoms with Crippen LogP contribution in [0.4, 0.5) is 0 Å². The van der Waals surface area contributed by atoms with Crippen molar-refractivity contribution in [2.45, 2.75) is 59.4 Å². The highest BCUT2D eigenvalue weighted by atomic mass is 28.3. The molecule has 0 saturated heterocycles. The number of carbonyl (C=O) groups excluding carboxylic acids is 1. The molecule has 164 valence electrons. The molecule has 1 atom stereocenters. The van der Waals surface area contributed by atoms with Crippen LogP contribution in [-0.2, 0) is 16.1 Å². The molecule has 0 bridgehead atoms. The Labute approximate surface area is 183 Å². The summed E-state index contributed by atoms with van der Waals surface area (Å²) in [6.45, 7) is 12.4. The molecule has 0 N–H and O–H groups in total. The van der Waals surface area contributed by atoms with Crippen molar-refractivity contribution in [3.8, 4) is 5.75 Å². The lowest BCUT2D eigenvalue weighted by molar-refractivity contribution is -0.124. The molecule has 0 aliphatic heterocycles. The summed E-state index contributed by atoms with van der Waals surface area (Å²) in [4.78, 5) is 13.0. The second-order valence-corrected chi connectivity index (χ2v) is 14.6. The van der Waals surface area contributed by atoms with Gasteiger partial charge in [0.1, 0.15) is 11.5 Å². The van der Waals surface area contributed by atoms with E-state index in [9.17, 15) is 4.79 Å². The number of hydrogen-bond donors (Lipinski definition) is 0. The van der Waals surface area contributed by atoms with E-state index in [4.69, 9.17) is 9.47 Å². The number of ether oxygens (including phenoxy) is 2. The van der Waals surface area contributed by atoms with Gasteiger partial charge in [0.25, 0.3) is 0 Å². The summed E-state index contributed by atoms with van der Waals surface area (Å²) in [5.41, 5.74) is 1.08. The first-order valence-electron chi connectivity index (χ1n) is 10.9. The van der Waals surface area contributed by atoms with Crippen molar-refractivity contribution in [1.29, 1.82) is 0 Å². The van der Waals surface area contributed by atoms with Crippen LogP contribution in [0.15, 0.2) is 54.6 Å². The maximum absolute atomic E-state index is 13.0. The SMILES string of the molecule is COc1ccc(COCCC(C)(C)CC(=O)[C@H](C)C[Si](C)(C)c2ccccc2)cc1. The van der Waals surface area contributed by atoms with E-state index in [0.717, 1.165) is 23.8 Å². The van der Waals surface area contributed by atoms with Crippen LogP contribution in [0.3, 0.4) is 0 Å². The molecular formula is C26H38O3Si. The van der Waals surface area contributed by atoms with Gasteiger partial charge in [-0.2, -0.15) is 0 Å². The molecule has 0 aliphatic carbocycles. The Morgan fingerprint density at radius 1 is 1.03 bits per heavy atom. The number of ketones is 1. The molecule has 3 nitrogen and oxygen atoms in total. The topological polar surface area (TPSA) is 35.5 Å². The predicted octanol–water partition coefficient (Wildman–Crippen LogP) is 5.84. The van der Waals surface area contributed by atoms with E-state index in [0.29, 0.717) is 25.4 Å². The molecule has 2 aromatic carbocycles. The quantitative estimate of drug-likeness (QED) is 0.316. The van der Waals surface area contributed by atoms with Gasteiger partial charge in [-0.1, -0.05) is 81.5 Å². The highest BCUT2D eigenvalue weighted by Gasteiger charge is 2.31. The Morgan fingerprint density at radius 2 is 1.67 bits per heavy atom. The van der Waals surface area contributed by atoms with Gasteiger partial charge in [0.15, 0.2) is 0 Å². The third-order valence-electron chi connectivity index (χ3n) is 5.93. The third kappa shape index (κ3) is 7.73. The van der Waals surface area contributed by atoms with Crippen molar-refractivity contribution in [3.63, 3.8) is 0 Å². The Balaban J connectivity index is 1.78. The zero-order chi connectivity index (χ0) is 22.2. The Hall–Kier alpha value is -1.91. The van der Waals surface area contributed by atoms with Gasteiger partial charge in [-0.3, -0.25) is 4.79 Å². The molecule has 30 heavy (non-hydrogen) atoms. The van der Waals surface area contributed by atoms with Gasteiger partial charge in [0, 0.05) is 18.9 Å². The van der Waals surface area contributed by atoms with E-state index < -0.39 is 8.07 Å². The summed E-state index contributed by atoms with van der Waals surface area (Å²) >= 11 is 0. The summed E-state index contributed by atoms with van der Waals surface area (Å²) < 4.78 is 11.0. The highest BCUT2D eigenvalue weighted by Crippen LogP contribution is 2.29. The van der Waals surface area contributed by atoms with Crippen molar-refractivity contribution in [3.05, 3.63) is 60.2 Å². The minimum atomic E-state index is -1.61. The molecule has 0 saturated carbocycles. The van der Waals surface area contributed by atoms with Crippen molar-refractivity contribution in [2.24, 2.45) is 11.3 Å². The van der Waals surface area contributed by atoms with Crippen LogP contribution in [0.5, 0.6) is 5.75 Å². The van der Waals surface area contributed by atoms with E-state index >= 15 is 0 Å². The van der Waals surface area contributed by atoms with Gasteiger partial charge < -0.3 is 9.47 Å². The Bertz CT molecular complexity index is 782. The molecular weight excluding hydrogens is 388 g/mol. The number of benzene rings is 2. The lowest BCUT2D eigenvalue weighted by Gasteiger charge is -2.29. The van der Waals surface area contributed by atoms with Gasteiger partial charge in [-0.05, 0) is 35.6 Å². The van der Waals surface area contributed by atoms with E-state index in [1.165, 1.54) is 5.19 Å². The van der Waals surface area contributed by atoms with Gasteiger partial charge in [-0.25, -0.2) is 0 Å². The molecule has 0 aliphatic rings. The molecule has 0 aromatic heterocycles. The van der Waals surface area contributed by atoms with Gasteiger partial charge in [-0.15, -0.1) is 0 Å². The fourth-order valence-corrected chi connectivity index (χ4v) is 6.97. The van der Waals surface area contributed by atoms with Crippen LogP contribution in [0, 0.1) is 11.3 Å². The summed E-state index contributed by atoms with van der Waals surface area (Å²) in [5, 5.41) is 1.43. The molecule has 0 fully saturated rings. The predicted molar refractivity (Wildman–Crippen MR) is 128 cm³/mol. The van der Waals surface area contributed by atoms with Crippen LogP contribution >= 0.6 is 0 Å². The molecule has 4 heteroatoms. The van der Waals surface area contributed by atoms with Crippen LogP contribution in [-0.4, -0.2) is 27.6 Å². The van der Waals surface area contributed by atoms with Gasteiger partial charge in [0.2, 0.25) is 0 Å². The lowest BCUT2D eigenvalue weighted by Crippen LogP contribution is -2.43. The van der Waals surface area contributed by atoms with Crippen LogP contribution in [0.2, 0.25) is 19.1 Å². The summed E-state index contributed by atoms with van der Waals surface area (Å²) in [6.07, 6.45) is 1.49. The molecule has 0 heterocycles. The zero-order valence-electron chi connectivity index (χ0n) is 19.5. The maximum atomic E-state index is 13.0. The van der Waals surface area contributed by atoms with E-state index in [1.807, 2.05) is 24.3 Å². The Morgan fingerprint density at radius 3 is 2.27 bits per heavy atom. The molecule has 0 spiro atoms. The lowest BCUT2D eigenvalue weighted by atomic mass is 9.82. The summed E-state index contributed by atoms with van der Waals surface area (Å²) in [5.74, 6) is 1.34. The monoisotopic (exact) mass is 426 g/mol. The Kier molecular flexibility index (Phi) is 8.87. The first-order valence-corrected chi connectivity index (χ1v) is 14.1. The van der Waals surface area contributed by atoms with Gasteiger partial charge in [0.05, 0.1) is 21.8 Å².